The van der Waals surface area contributed by atoms with Crippen molar-refractivity contribution in [3.63, 3.8) is 0 Å². The Bertz CT molecular complexity index is 1240. The first-order chi connectivity index (χ1) is 19.3. The molecule has 0 aliphatic carbocycles. The summed E-state index contributed by atoms with van der Waals surface area (Å²) in [5.74, 6) is -5.84. The van der Waals surface area contributed by atoms with Gasteiger partial charge in [-0.2, -0.15) is 0 Å². The maximum absolute atomic E-state index is 13.4. The van der Waals surface area contributed by atoms with Crippen LogP contribution in [0.4, 0.5) is 0 Å². The van der Waals surface area contributed by atoms with Gasteiger partial charge in [-0.05, 0) is 36.1 Å². The third kappa shape index (κ3) is 11.3. The minimum absolute atomic E-state index is 0.0178. The first-order valence-corrected chi connectivity index (χ1v) is 12.6. The van der Waals surface area contributed by atoms with Gasteiger partial charge in [0.1, 0.15) is 23.9 Å². The van der Waals surface area contributed by atoms with Crippen LogP contribution in [0.5, 0.6) is 5.75 Å². The molecule has 2 rings (SSSR count). The van der Waals surface area contributed by atoms with Gasteiger partial charge in [-0.25, -0.2) is 4.79 Å². The number of aromatic hydroxyl groups is 1. The fraction of sp³-hybridized carbons (Fsp3) is 0.333. The highest BCUT2D eigenvalue weighted by Crippen LogP contribution is 2.12. The van der Waals surface area contributed by atoms with Crippen molar-refractivity contribution in [2.75, 3.05) is 0 Å². The van der Waals surface area contributed by atoms with Crippen molar-refractivity contribution in [2.24, 2.45) is 17.2 Å². The van der Waals surface area contributed by atoms with Crippen molar-refractivity contribution in [1.29, 1.82) is 0 Å². The second-order valence-corrected chi connectivity index (χ2v) is 9.36. The van der Waals surface area contributed by atoms with E-state index in [1.807, 2.05) is 6.07 Å². The van der Waals surface area contributed by atoms with E-state index in [9.17, 15) is 39.0 Å². The lowest BCUT2D eigenvalue weighted by Gasteiger charge is -2.25. The number of hydrogen-bond donors (Lipinski definition) is 8. The zero-order valence-electron chi connectivity index (χ0n) is 22.1. The molecule has 14 heteroatoms. The van der Waals surface area contributed by atoms with Gasteiger partial charge >= 0.3 is 5.97 Å². The van der Waals surface area contributed by atoms with E-state index in [4.69, 9.17) is 17.2 Å². The Kier molecular flexibility index (Phi) is 12.2. The van der Waals surface area contributed by atoms with E-state index in [0.29, 0.717) is 5.56 Å². The van der Waals surface area contributed by atoms with E-state index in [1.54, 1.807) is 24.3 Å². The van der Waals surface area contributed by atoms with Crippen LogP contribution in [0.25, 0.3) is 0 Å². The SMILES string of the molecule is NC(=O)CCC(NC(=O)C(Cc1ccc(O)cc1)NC(=O)C(N)Cc1ccccc1)C(=O)NC(CC(N)=O)C(=O)O. The summed E-state index contributed by atoms with van der Waals surface area (Å²) in [6.45, 7) is 0. The summed E-state index contributed by atoms with van der Waals surface area (Å²) in [5.41, 5.74) is 17.7. The number of nitrogens with one attached hydrogen (secondary N) is 3. The maximum Gasteiger partial charge on any atom is 0.326 e. The number of primary amides is 2. The lowest BCUT2D eigenvalue weighted by atomic mass is 10.0. The van der Waals surface area contributed by atoms with Crippen LogP contribution in [0.2, 0.25) is 0 Å². The Labute approximate surface area is 235 Å². The number of carboxylic acid groups (broad SMARTS) is 1. The second-order valence-electron chi connectivity index (χ2n) is 9.36. The molecule has 0 saturated carbocycles. The first kappa shape index (κ1) is 32.2. The number of carboxylic acids is 1. The number of carbonyl (C=O) groups excluding carboxylic acids is 5. The van der Waals surface area contributed by atoms with E-state index >= 15 is 0 Å². The second kappa shape index (κ2) is 15.6. The molecule has 11 N–H and O–H groups in total. The summed E-state index contributed by atoms with van der Waals surface area (Å²) in [6, 6.07) is 9.38. The number of benzene rings is 2. The molecule has 0 saturated heterocycles. The van der Waals surface area contributed by atoms with E-state index in [1.165, 1.54) is 24.3 Å². The Balaban J connectivity index is 2.26. The summed E-state index contributed by atoms with van der Waals surface area (Å²) in [7, 11) is 0. The number of phenolic OH excluding ortho intramolecular Hbond substituents is 1. The van der Waals surface area contributed by atoms with Crippen LogP contribution in [0.3, 0.4) is 0 Å². The molecule has 220 valence electrons. The molecule has 0 aromatic heterocycles. The van der Waals surface area contributed by atoms with Crippen molar-refractivity contribution in [2.45, 2.75) is 56.3 Å². The maximum atomic E-state index is 13.4. The predicted octanol–water partition coefficient (Wildman–Crippen LogP) is -1.82. The van der Waals surface area contributed by atoms with E-state index in [2.05, 4.69) is 16.0 Å². The molecule has 0 bridgehead atoms. The molecule has 0 heterocycles. The van der Waals surface area contributed by atoms with Gasteiger partial charge < -0.3 is 43.4 Å². The summed E-state index contributed by atoms with van der Waals surface area (Å²) < 4.78 is 0. The molecule has 4 unspecified atom stereocenters. The molecule has 41 heavy (non-hydrogen) atoms. The number of aliphatic carboxylic acids is 1. The van der Waals surface area contributed by atoms with Crippen molar-refractivity contribution >= 4 is 35.5 Å². The lowest BCUT2D eigenvalue weighted by molar-refractivity contribution is -0.144. The molecule has 0 spiro atoms. The van der Waals surface area contributed by atoms with Gasteiger partial charge in [0, 0.05) is 12.8 Å². The van der Waals surface area contributed by atoms with Crippen LogP contribution in [-0.2, 0) is 41.6 Å². The molecule has 5 amide bonds. The lowest BCUT2D eigenvalue weighted by Crippen LogP contribution is -2.58. The number of rotatable bonds is 16. The van der Waals surface area contributed by atoms with Crippen LogP contribution in [-0.4, -0.2) is 69.9 Å². The Hall–Kier alpha value is -4.98. The van der Waals surface area contributed by atoms with Crippen molar-refractivity contribution < 1.29 is 39.0 Å². The average molecular weight is 571 g/mol. The number of phenols is 1. The highest BCUT2D eigenvalue weighted by molar-refractivity contribution is 5.95. The van der Waals surface area contributed by atoms with Gasteiger partial charge in [0.25, 0.3) is 0 Å². The summed E-state index contributed by atoms with van der Waals surface area (Å²) in [4.78, 5) is 73.3. The standard InChI is InChI=1S/C27H34N6O8/c28-18(12-15-4-2-1-3-5-15)24(37)32-20(13-16-6-8-17(34)9-7-16)26(39)31-19(10-11-22(29)35)25(38)33-21(27(40)41)14-23(30)36/h1-9,18-21,34H,10-14,28H2,(H2,29,35)(H2,30,36)(H,31,39)(H,32,37)(H,33,38)(H,40,41). The van der Waals surface area contributed by atoms with Crippen LogP contribution in [0.1, 0.15) is 30.4 Å². The molecule has 0 fully saturated rings. The fourth-order valence-corrected chi connectivity index (χ4v) is 3.82. The third-order valence-corrected chi connectivity index (χ3v) is 5.98. The zero-order valence-corrected chi connectivity index (χ0v) is 22.1. The summed E-state index contributed by atoms with van der Waals surface area (Å²) >= 11 is 0. The first-order valence-electron chi connectivity index (χ1n) is 12.6. The number of amides is 5. The number of carbonyl (C=O) groups is 6. The number of hydrogen-bond acceptors (Lipinski definition) is 8. The van der Waals surface area contributed by atoms with Gasteiger partial charge in [0.15, 0.2) is 0 Å². The highest BCUT2D eigenvalue weighted by atomic mass is 16.4. The molecule has 2 aromatic carbocycles. The van der Waals surface area contributed by atoms with Gasteiger partial charge in [-0.3, -0.25) is 24.0 Å². The quantitative estimate of drug-likeness (QED) is 0.113. The number of nitrogens with two attached hydrogens (primary N) is 3. The largest absolute Gasteiger partial charge is 0.508 e. The van der Waals surface area contributed by atoms with Crippen LogP contribution in [0, 0.1) is 0 Å². The van der Waals surface area contributed by atoms with Crippen molar-refractivity contribution in [3.05, 3.63) is 65.7 Å². The van der Waals surface area contributed by atoms with Crippen LogP contribution < -0.4 is 33.2 Å². The molecule has 2 aromatic rings. The topological polar surface area (TPSA) is 257 Å². The molecule has 0 aliphatic heterocycles. The van der Waals surface area contributed by atoms with E-state index in [0.717, 1.165) is 5.56 Å². The molecule has 0 radical (unpaired) electrons. The minimum atomic E-state index is -1.68. The van der Waals surface area contributed by atoms with Crippen LogP contribution >= 0.6 is 0 Å². The average Bonchev–Trinajstić information content (AvgIpc) is 2.91. The van der Waals surface area contributed by atoms with E-state index in [-0.39, 0.29) is 31.4 Å². The molecule has 14 nitrogen and oxygen atoms in total. The van der Waals surface area contributed by atoms with Gasteiger partial charge in [-0.15, -0.1) is 0 Å². The van der Waals surface area contributed by atoms with Crippen molar-refractivity contribution in [3.8, 4) is 5.75 Å². The predicted molar refractivity (Wildman–Crippen MR) is 146 cm³/mol. The van der Waals surface area contributed by atoms with Gasteiger partial charge in [0.2, 0.25) is 29.5 Å². The Morgan fingerprint density at radius 1 is 0.683 bits per heavy atom. The fourth-order valence-electron chi connectivity index (χ4n) is 3.82. The molecular formula is C27H34N6O8. The molecule has 0 aliphatic rings. The molecule has 4 atom stereocenters. The van der Waals surface area contributed by atoms with Crippen molar-refractivity contribution in [1.82, 2.24) is 16.0 Å². The normalized spacial score (nSPS) is 13.6. The zero-order chi connectivity index (χ0) is 30.5. The van der Waals surface area contributed by atoms with E-state index < -0.39 is 66.1 Å². The summed E-state index contributed by atoms with van der Waals surface area (Å²) in [6.07, 6.45) is -1.25. The summed E-state index contributed by atoms with van der Waals surface area (Å²) in [5, 5.41) is 26.0. The monoisotopic (exact) mass is 570 g/mol. The van der Waals surface area contributed by atoms with Crippen LogP contribution in [0.15, 0.2) is 54.6 Å². The third-order valence-electron chi connectivity index (χ3n) is 5.98. The minimum Gasteiger partial charge on any atom is -0.508 e. The Morgan fingerprint density at radius 3 is 1.78 bits per heavy atom. The van der Waals surface area contributed by atoms with Gasteiger partial charge in [0.05, 0.1) is 12.5 Å². The van der Waals surface area contributed by atoms with Gasteiger partial charge in [-0.1, -0.05) is 42.5 Å². The highest BCUT2D eigenvalue weighted by Gasteiger charge is 2.31. The molecular weight excluding hydrogens is 536 g/mol. The Morgan fingerprint density at radius 2 is 1.22 bits per heavy atom. The smallest absolute Gasteiger partial charge is 0.326 e.